The van der Waals surface area contributed by atoms with Gasteiger partial charge in [-0.05, 0) is 30.6 Å². The smallest absolute Gasteiger partial charge is 0.265 e. The van der Waals surface area contributed by atoms with Gasteiger partial charge in [0, 0.05) is 12.4 Å². The molecule has 106 valence electrons. The van der Waals surface area contributed by atoms with Gasteiger partial charge in [-0.15, -0.1) is 5.10 Å². The lowest BCUT2D eigenvalue weighted by Gasteiger charge is -2.06. The van der Waals surface area contributed by atoms with E-state index in [1.807, 2.05) is 0 Å². The number of nitrogens with zero attached hydrogens (tertiary/aromatic N) is 4. The first-order chi connectivity index (χ1) is 10.3. The average molecular weight is 301 g/mol. The Balaban J connectivity index is 1.77. The molecule has 3 aromatic rings. The van der Waals surface area contributed by atoms with E-state index in [0.29, 0.717) is 27.7 Å². The van der Waals surface area contributed by atoms with Crippen molar-refractivity contribution in [3.05, 3.63) is 47.1 Å². The van der Waals surface area contributed by atoms with Crippen LogP contribution in [0.25, 0.3) is 11.5 Å². The predicted octanol–water partition coefficient (Wildman–Crippen LogP) is 1.83. The summed E-state index contributed by atoms with van der Waals surface area (Å²) < 4.78 is 9.07. The molecule has 1 amide bonds. The molecule has 7 nitrogen and oxygen atoms in total. The summed E-state index contributed by atoms with van der Waals surface area (Å²) in [5.74, 6) is 0.390. The SMILES string of the molecule is Cc1nnsc1C(=O)NCc1nccnc1-c1ccco1. The molecule has 3 rings (SSSR count). The number of hydrogen-bond acceptors (Lipinski definition) is 7. The molecule has 0 saturated heterocycles. The zero-order valence-electron chi connectivity index (χ0n) is 11.1. The summed E-state index contributed by atoms with van der Waals surface area (Å²) in [6.45, 7) is 2.00. The molecular formula is C13H11N5O2S. The van der Waals surface area contributed by atoms with Crippen LogP contribution in [0.5, 0.6) is 0 Å². The summed E-state index contributed by atoms with van der Waals surface area (Å²) in [6, 6.07) is 3.57. The molecule has 21 heavy (non-hydrogen) atoms. The minimum Gasteiger partial charge on any atom is -0.463 e. The van der Waals surface area contributed by atoms with Crippen LogP contribution in [0, 0.1) is 6.92 Å². The molecular weight excluding hydrogens is 290 g/mol. The van der Waals surface area contributed by atoms with Crippen LogP contribution in [0.3, 0.4) is 0 Å². The number of hydrogen-bond donors (Lipinski definition) is 1. The van der Waals surface area contributed by atoms with E-state index in [-0.39, 0.29) is 12.5 Å². The molecule has 0 aliphatic heterocycles. The molecule has 8 heteroatoms. The number of amides is 1. The summed E-state index contributed by atoms with van der Waals surface area (Å²) in [5.41, 5.74) is 1.86. The second kappa shape index (κ2) is 5.80. The van der Waals surface area contributed by atoms with Crippen molar-refractivity contribution < 1.29 is 9.21 Å². The first-order valence-electron chi connectivity index (χ1n) is 6.16. The topological polar surface area (TPSA) is 93.8 Å². The van der Waals surface area contributed by atoms with Gasteiger partial charge in [-0.3, -0.25) is 9.78 Å². The van der Waals surface area contributed by atoms with Gasteiger partial charge in [0.25, 0.3) is 5.91 Å². The van der Waals surface area contributed by atoms with Gasteiger partial charge in [0.1, 0.15) is 10.6 Å². The molecule has 0 radical (unpaired) electrons. The molecule has 0 fully saturated rings. The number of carbonyl (C=O) groups is 1. The van der Waals surface area contributed by atoms with Crippen LogP contribution < -0.4 is 5.32 Å². The van der Waals surface area contributed by atoms with Gasteiger partial charge in [-0.2, -0.15) is 0 Å². The van der Waals surface area contributed by atoms with Crippen molar-refractivity contribution in [1.82, 2.24) is 24.9 Å². The van der Waals surface area contributed by atoms with E-state index in [1.165, 1.54) is 0 Å². The lowest BCUT2D eigenvalue weighted by atomic mass is 10.2. The van der Waals surface area contributed by atoms with Crippen LogP contribution in [0.1, 0.15) is 21.1 Å². The molecule has 0 bridgehead atoms. The van der Waals surface area contributed by atoms with Crippen LogP contribution in [0.15, 0.2) is 35.2 Å². The molecule has 3 aromatic heterocycles. The molecule has 0 saturated carbocycles. The highest BCUT2D eigenvalue weighted by Gasteiger charge is 2.15. The maximum absolute atomic E-state index is 12.0. The average Bonchev–Trinajstić information content (AvgIpc) is 3.16. The van der Waals surface area contributed by atoms with Crippen LogP contribution in [0.2, 0.25) is 0 Å². The Hall–Kier alpha value is -2.61. The van der Waals surface area contributed by atoms with Gasteiger partial charge < -0.3 is 9.73 Å². The Kier molecular flexibility index (Phi) is 3.69. The molecule has 0 spiro atoms. The number of aromatic nitrogens is 4. The van der Waals surface area contributed by atoms with E-state index in [1.54, 1.807) is 37.7 Å². The highest BCUT2D eigenvalue weighted by molar-refractivity contribution is 7.07. The molecule has 0 unspecified atom stereocenters. The van der Waals surface area contributed by atoms with Crippen molar-refractivity contribution in [3.8, 4) is 11.5 Å². The molecule has 0 atom stereocenters. The van der Waals surface area contributed by atoms with Crippen molar-refractivity contribution in [2.24, 2.45) is 0 Å². The standard InChI is InChI=1S/C13H11N5O2S/c1-8-12(21-18-17-8)13(19)16-7-9-11(15-5-4-14-9)10-3-2-6-20-10/h2-6H,7H2,1H3,(H,16,19). The second-order valence-electron chi connectivity index (χ2n) is 4.20. The van der Waals surface area contributed by atoms with Gasteiger partial charge in [0.2, 0.25) is 0 Å². The fourth-order valence-corrected chi connectivity index (χ4v) is 2.37. The van der Waals surface area contributed by atoms with Gasteiger partial charge in [-0.1, -0.05) is 4.49 Å². The summed E-state index contributed by atoms with van der Waals surface area (Å²) in [4.78, 5) is 21.0. The summed E-state index contributed by atoms with van der Waals surface area (Å²) in [7, 11) is 0. The Labute approximate surface area is 124 Å². The normalized spacial score (nSPS) is 10.5. The van der Waals surface area contributed by atoms with Crippen molar-refractivity contribution >= 4 is 17.4 Å². The Morgan fingerprint density at radius 2 is 2.24 bits per heavy atom. The summed E-state index contributed by atoms with van der Waals surface area (Å²) >= 11 is 1.07. The highest BCUT2D eigenvalue weighted by atomic mass is 32.1. The van der Waals surface area contributed by atoms with Crippen LogP contribution in [0.4, 0.5) is 0 Å². The Morgan fingerprint density at radius 3 is 2.95 bits per heavy atom. The van der Waals surface area contributed by atoms with Gasteiger partial charge in [-0.25, -0.2) is 4.98 Å². The third-order valence-electron chi connectivity index (χ3n) is 2.80. The van der Waals surface area contributed by atoms with E-state index >= 15 is 0 Å². The summed E-state index contributed by atoms with van der Waals surface area (Å²) in [6.07, 6.45) is 4.73. The van der Waals surface area contributed by atoms with E-state index < -0.39 is 0 Å². The minimum atomic E-state index is -0.224. The van der Waals surface area contributed by atoms with Crippen LogP contribution in [-0.4, -0.2) is 25.5 Å². The fourth-order valence-electron chi connectivity index (χ4n) is 1.80. The van der Waals surface area contributed by atoms with E-state index in [9.17, 15) is 4.79 Å². The maximum Gasteiger partial charge on any atom is 0.265 e. The molecule has 0 aromatic carbocycles. The number of nitrogens with one attached hydrogen (secondary N) is 1. The molecule has 1 N–H and O–H groups in total. The van der Waals surface area contributed by atoms with Crippen molar-refractivity contribution in [3.63, 3.8) is 0 Å². The van der Waals surface area contributed by atoms with E-state index in [0.717, 1.165) is 11.5 Å². The zero-order chi connectivity index (χ0) is 14.7. The van der Waals surface area contributed by atoms with E-state index in [4.69, 9.17) is 4.42 Å². The summed E-state index contributed by atoms with van der Waals surface area (Å²) in [5, 5.41) is 6.61. The first kappa shape index (κ1) is 13.4. The third kappa shape index (κ3) is 2.79. The number of furan rings is 1. The number of aryl methyl sites for hydroxylation is 1. The quantitative estimate of drug-likeness (QED) is 0.790. The molecule has 0 aliphatic rings. The van der Waals surface area contributed by atoms with Gasteiger partial charge >= 0.3 is 0 Å². The Bertz CT molecular complexity index is 754. The second-order valence-corrected chi connectivity index (χ2v) is 4.95. The van der Waals surface area contributed by atoms with Crippen molar-refractivity contribution in [2.75, 3.05) is 0 Å². The monoisotopic (exact) mass is 301 g/mol. The fraction of sp³-hybridized carbons (Fsp3) is 0.154. The largest absolute Gasteiger partial charge is 0.463 e. The number of rotatable bonds is 4. The minimum absolute atomic E-state index is 0.224. The molecule has 0 aliphatic carbocycles. The van der Waals surface area contributed by atoms with Gasteiger partial charge in [0.05, 0.1) is 24.2 Å². The third-order valence-corrected chi connectivity index (χ3v) is 3.63. The lowest BCUT2D eigenvalue weighted by molar-refractivity contribution is 0.0953. The van der Waals surface area contributed by atoms with Crippen LogP contribution in [-0.2, 0) is 6.54 Å². The van der Waals surface area contributed by atoms with Crippen molar-refractivity contribution in [1.29, 1.82) is 0 Å². The Morgan fingerprint density at radius 1 is 1.38 bits per heavy atom. The van der Waals surface area contributed by atoms with Crippen LogP contribution >= 0.6 is 11.5 Å². The molecule has 3 heterocycles. The van der Waals surface area contributed by atoms with E-state index in [2.05, 4.69) is 24.9 Å². The lowest BCUT2D eigenvalue weighted by Crippen LogP contribution is -2.23. The maximum atomic E-state index is 12.0. The first-order valence-corrected chi connectivity index (χ1v) is 6.94. The predicted molar refractivity (Wildman–Crippen MR) is 75.6 cm³/mol. The van der Waals surface area contributed by atoms with Gasteiger partial charge in [0.15, 0.2) is 5.76 Å². The number of carbonyl (C=O) groups excluding carboxylic acids is 1. The highest BCUT2D eigenvalue weighted by Crippen LogP contribution is 2.20. The zero-order valence-corrected chi connectivity index (χ0v) is 11.9. The van der Waals surface area contributed by atoms with Crippen molar-refractivity contribution in [2.45, 2.75) is 13.5 Å².